The van der Waals surface area contributed by atoms with Crippen LogP contribution in [0.4, 0.5) is 10.2 Å². The molecular weight excluding hydrogens is 535 g/mol. The van der Waals surface area contributed by atoms with E-state index in [0.717, 1.165) is 33.6 Å². The van der Waals surface area contributed by atoms with Gasteiger partial charge in [0.15, 0.2) is 0 Å². The summed E-state index contributed by atoms with van der Waals surface area (Å²) in [6.45, 7) is 1.14. The summed E-state index contributed by atoms with van der Waals surface area (Å²) in [4.78, 5) is 13.4. The molecule has 2 aliphatic rings. The first kappa shape index (κ1) is 26.1. The van der Waals surface area contributed by atoms with Crippen molar-refractivity contribution in [2.75, 3.05) is 31.8 Å². The number of aryl methyl sites for hydroxylation is 1. The van der Waals surface area contributed by atoms with E-state index in [-0.39, 0.29) is 12.1 Å². The second-order valence-electron chi connectivity index (χ2n) is 11.1. The van der Waals surface area contributed by atoms with Crippen LogP contribution in [0.15, 0.2) is 67.5 Å². The fraction of sp³-hybridized carbons (Fsp3) is 0.300. The summed E-state index contributed by atoms with van der Waals surface area (Å²) in [7, 11) is 3.45. The first-order valence-corrected chi connectivity index (χ1v) is 13.6. The van der Waals surface area contributed by atoms with Crippen molar-refractivity contribution >= 4 is 11.3 Å². The maximum atomic E-state index is 14.4. The van der Waals surface area contributed by atoms with E-state index in [2.05, 4.69) is 31.1 Å². The Morgan fingerprint density at radius 3 is 2.62 bits per heavy atom. The summed E-state index contributed by atoms with van der Waals surface area (Å²) in [6.07, 6.45) is 10.8. The molecule has 5 aromatic heterocycles. The van der Waals surface area contributed by atoms with Crippen LogP contribution in [-0.4, -0.2) is 78.8 Å². The molecule has 0 radical (unpaired) electrons. The van der Waals surface area contributed by atoms with Crippen molar-refractivity contribution in [1.82, 2.24) is 34.3 Å². The van der Waals surface area contributed by atoms with Crippen LogP contribution in [0.3, 0.4) is 0 Å². The van der Waals surface area contributed by atoms with Gasteiger partial charge in [-0.3, -0.25) is 9.58 Å². The van der Waals surface area contributed by atoms with Gasteiger partial charge in [-0.25, -0.2) is 18.9 Å². The number of ether oxygens (including phenoxy) is 1. The Bertz CT molecular complexity index is 1810. The van der Waals surface area contributed by atoms with E-state index in [4.69, 9.17) is 15.5 Å². The Kier molecular flexibility index (Phi) is 6.14. The van der Waals surface area contributed by atoms with Crippen molar-refractivity contribution < 1.29 is 9.13 Å². The summed E-state index contributed by atoms with van der Waals surface area (Å²) >= 11 is 0. The number of alkyl halides is 1. The fourth-order valence-electron chi connectivity index (χ4n) is 6.34. The number of methoxy groups -OCH3 is 1. The number of nitrogens with zero attached hydrogens (tertiary/aromatic N) is 9. The quantitative estimate of drug-likeness (QED) is 0.318. The maximum Gasteiger partial charge on any atom is 0.212 e. The van der Waals surface area contributed by atoms with Crippen LogP contribution in [0.25, 0.3) is 27.8 Å². The summed E-state index contributed by atoms with van der Waals surface area (Å²) in [6, 6.07) is 11.9. The molecule has 2 fully saturated rings. The van der Waals surface area contributed by atoms with Gasteiger partial charge in [0.05, 0.1) is 42.2 Å². The average Bonchev–Trinajstić information content (AvgIpc) is 3.67. The number of aromatic nitrogens is 6. The van der Waals surface area contributed by atoms with Crippen LogP contribution < -0.4 is 15.4 Å². The lowest BCUT2D eigenvalue weighted by Crippen LogP contribution is -2.71. The van der Waals surface area contributed by atoms with Gasteiger partial charge >= 0.3 is 0 Å². The zero-order valence-corrected chi connectivity index (χ0v) is 23.2. The molecule has 0 unspecified atom stereocenters. The highest BCUT2D eigenvalue weighted by Crippen LogP contribution is 2.42. The van der Waals surface area contributed by atoms with Crippen molar-refractivity contribution in [2.24, 2.45) is 12.8 Å². The molecule has 0 saturated carbocycles. The Labute approximate surface area is 241 Å². The van der Waals surface area contributed by atoms with Gasteiger partial charge in [-0.2, -0.15) is 15.5 Å². The molecule has 2 saturated heterocycles. The first-order valence-electron chi connectivity index (χ1n) is 13.6. The van der Waals surface area contributed by atoms with Gasteiger partial charge in [0.2, 0.25) is 5.88 Å². The lowest BCUT2D eigenvalue weighted by Gasteiger charge is -2.51. The third-order valence-corrected chi connectivity index (χ3v) is 8.40. The zero-order chi connectivity index (χ0) is 29.0. The Morgan fingerprint density at radius 1 is 1.07 bits per heavy atom. The number of nitrogens with two attached hydrogens (primary N) is 1. The molecule has 0 amide bonds. The second kappa shape index (κ2) is 9.90. The molecule has 11 nitrogen and oxygen atoms in total. The van der Waals surface area contributed by atoms with Crippen LogP contribution in [-0.2, 0) is 13.6 Å². The lowest BCUT2D eigenvalue weighted by molar-refractivity contribution is 0.191. The van der Waals surface area contributed by atoms with Crippen LogP contribution in [0.5, 0.6) is 5.88 Å². The number of halogens is 1. The highest BCUT2D eigenvalue weighted by molar-refractivity contribution is 5.87. The van der Waals surface area contributed by atoms with Crippen molar-refractivity contribution in [1.29, 1.82) is 5.26 Å². The molecular formula is C30H29FN10O. The molecule has 7 rings (SSSR count). The highest BCUT2D eigenvalue weighted by atomic mass is 19.1. The largest absolute Gasteiger partial charge is 0.481 e. The zero-order valence-electron chi connectivity index (χ0n) is 23.2. The number of hydrogen-bond donors (Lipinski definition) is 1. The molecule has 2 N–H and O–H groups in total. The minimum Gasteiger partial charge on any atom is -0.481 e. The van der Waals surface area contributed by atoms with E-state index < -0.39 is 12.2 Å². The van der Waals surface area contributed by atoms with Gasteiger partial charge in [0.25, 0.3) is 0 Å². The minimum absolute atomic E-state index is 0.107. The van der Waals surface area contributed by atoms with Crippen LogP contribution >= 0.6 is 0 Å². The van der Waals surface area contributed by atoms with E-state index in [1.165, 1.54) is 0 Å². The van der Waals surface area contributed by atoms with Crippen LogP contribution in [0, 0.1) is 11.3 Å². The van der Waals surface area contributed by atoms with Crippen molar-refractivity contribution in [3.05, 3.63) is 78.6 Å². The molecule has 0 bridgehead atoms. The van der Waals surface area contributed by atoms with Gasteiger partial charge in [0.1, 0.15) is 18.6 Å². The lowest BCUT2D eigenvalue weighted by atomic mass is 9.84. The van der Waals surface area contributed by atoms with E-state index >= 15 is 0 Å². The molecule has 7 heterocycles. The van der Waals surface area contributed by atoms with E-state index in [1.807, 2.05) is 49.8 Å². The van der Waals surface area contributed by atoms with Gasteiger partial charge in [-0.1, -0.05) is 6.07 Å². The van der Waals surface area contributed by atoms with Crippen molar-refractivity contribution in [2.45, 2.75) is 24.2 Å². The van der Waals surface area contributed by atoms with Gasteiger partial charge in [-0.05, 0) is 23.8 Å². The monoisotopic (exact) mass is 564 g/mol. The third kappa shape index (κ3) is 4.17. The molecule has 0 aromatic carbocycles. The fourth-order valence-corrected chi connectivity index (χ4v) is 6.34. The SMILES string of the molecule is COc1ccc(CN2C[C@](N)(CF)[C@H]3[C@@H]2CN3c2ccc(-c3cc(-c4cnn(C)c4)cn4ncc(C#N)c34)cn2)cn1. The number of fused-ring (bicyclic) bond motifs is 2. The Morgan fingerprint density at radius 2 is 1.95 bits per heavy atom. The Hall–Kier alpha value is -4.86. The topological polar surface area (TPSA) is 126 Å². The molecule has 5 aromatic rings. The average molecular weight is 565 g/mol. The van der Waals surface area contributed by atoms with Gasteiger partial charge < -0.3 is 15.4 Å². The van der Waals surface area contributed by atoms with Gasteiger partial charge in [0, 0.05) is 85.8 Å². The highest BCUT2D eigenvalue weighted by Gasteiger charge is 2.59. The molecule has 42 heavy (non-hydrogen) atoms. The number of rotatable bonds is 7. The number of hydrogen-bond acceptors (Lipinski definition) is 9. The third-order valence-electron chi connectivity index (χ3n) is 8.40. The normalized spacial score (nSPS) is 21.7. The van der Waals surface area contributed by atoms with Crippen LogP contribution in [0.2, 0.25) is 0 Å². The van der Waals surface area contributed by atoms with E-state index in [9.17, 15) is 9.65 Å². The number of anilines is 1. The minimum atomic E-state index is -1.01. The predicted molar refractivity (Wildman–Crippen MR) is 154 cm³/mol. The van der Waals surface area contributed by atoms with Gasteiger partial charge in [-0.15, -0.1) is 0 Å². The Balaban J connectivity index is 1.17. The summed E-state index contributed by atoms with van der Waals surface area (Å²) in [5.41, 5.74) is 11.4. The standard InChI is InChI=1S/C30H29FN10O/c1-38-14-23(12-36-38)21-7-24(28-22(8-32)11-37-41(28)15-21)20-4-5-26(34-10-20)40-16-25-29(40)30(33,17-31)18-39(25)13-19-3-6-27(42-2)35-9-19/h3-7,9-12,14-15,25,29H,13,16-18,33H2,1-2H3/t25-,29+,30+/m0/s1. The number of pyridine rings is 3. The van der Waals surface area contributed by atoms with Crippen molar-refractivity contribution in [3.8, 4) is 34.2 Å². The van der Waals surface area contributed by atoms with E-state index in [1.54, 1.807) is 41.1 Å². The van der Waals surface area contributed by atoms with Crippen molar-refractivity contribution in [3.63, 3.8) is 0 Å². The van der Waals surface area contributed by atoms with Crippen LogP contribution in [0.1, 0.15) is 11.1 Å². The second-order valence-corrected chi connectivity index (χ2v) is 11.1. The summed E-state index contributed by atoms with van der Waals surface area (Å²) in [5, 5.41) is 18.5. The number of nitriles is 1. The first-order chi connectivity index (χ1) is 20.4. The smallest absolute Gasteiger partial charge is 0.212 e. The molecule has 212 valence electrons. The molecule has 0 aliphatic carbocycles. The van der Waals surface area contributed by atoms with E-state index in [0.29, 0.717) is 36.6 Å². The molecule has 2 aliphatic heterocycles. The molecule has 12 heteroatoms. The summed E-state index contributed by atoms with van der Waals surface area (Å²) in [5.74, 6) is 1.30. The maximum absolute atomic E-state index is 14.4. The molecule has 3 atom stereocenters. The summed E-state index contributed by atoms with van der Waals surface area (Å²) < 4.78 is 23.1. The predicted octanol–water partition coefficient (Wildman–Crippen LogP) is 2.81. The number of likely N-dealkylation sites (tertiary alicyclic amines) is 1. The molecule has 0 spiro atoms.